The van der Waals surface area contributed by atoms with E-state index >= 15 is 0 Å². The Labute approximate surface area is 176 Å². The zero-order chi connectivity index (χ0) is 20.9. The Hall–Kier alpha value is -3.48. The first-order valence-electron chi connectivity index (χ1n) is 10.2. The molecular formula is C23H26N6O. The summed E-state index contributed by atoms with van der Waals surface area (Å²) in [6.07, 6.45) is 6.84. The topological polar surface area (TPSA) is 74.2 Å². The Morgan fingerprint density at radius 2 is 1.77 bits per heavy atom. The molecule has 4 rings (SSSR count). The number of nitrogens with one attached hydrogen (secondary N) is 1. The molecule has 0 aliphatic carbocycles. The second-order valence-corrected chi connectivity index (χ2v) is 7.64. The molecule has 1 fully saturated rings. The fourth-order valence-corrected chi connectivity index (χ4v) is 3.59. The van der Waals surface area contributed by atoms with Gasteiger partial charge in [-0.2, -0.15) is 0 Å². The largest absolute Gasteiger partial charge is 0.366 e. The molecule has 154 valence electrons. The van der Waals surface area contributed by atoms with Gasteiger partial charge in [-0.05, 0) is 35.7 Å². The van der Waals surface area contributed by atoms with E-state index in [1.54, 1.807) is 36.9 Å². The molecule has 1 amide bonds. The normalized spacial score (nSPS) is 14.1. The molecule has 0 unspecified atom stereocenters. The maximum absolute atomic E-state index is 12.7. The third-order valence-electron chi connectivity index (χ3n) is 5.33. The van der Waals surface area contributed by atoms with Crippen molar-refractivity contribution in [3.05, 3.63) is 72.4 Å². The van der Waals surface area contributed by atoms with Crippen molar-refractivity contribution in [1.82, 2.24) is 15.0 Å². The van der Waals surface area contributed by atoms with Crippen LogP contribution in [0.5, 0.6) is 0 Å². The summed E-state index contributed by atoms with van der Waals surface area (Å²) in [5, 5.41) is 3.05. The molecule has 0 atom stereocenters. The molecule has 0 spiro atoms. The molecular weight excluding hydrogens is 376 g/mol. The van der Waals surface area contributed by atoms with Gasteiger partial charge in [-0.3, -0.25) is 14.8 Å². The van der Waals surface area contributed by atoms with Crippen LogP contribution in [0.25, 0.3) is 0 Å². The van der Waals surface area contributed by atoms with E-state index in [0.29, 0.717) is 11.6 Å². The number of nitrogens with zero attached hydrogens (tertiary/aromatic N) is 5. The average Bonchev–Trinajstić information content (AvgIpc) is 2.80. The molecule has 7 nitrogen and oxygen atoms in total. The molecule has 3 aromatic rings. The zero-order valence-electron chi connectivity index (χ0n) is 17.3. The van der Waals surface area contributed by atoms with Gasteiger partial charge in [0.1, 0.15) is 11.5 Å². The van der Waals surface area contributed by atoms with Crippen LogP contribution in [0.15, 0.2) is 61.2 Å². The summed E-state index contributed by atoms with van der Waals surface area (Å²) < 4.78 is 0. The quantitative estimate of drug-likeness (QED) is 0.703. The fraction of sp³-hybridized carbons (Fsp3) is 0.304. The van der Waals surface area contributed by atoms with E-state index in [-0.39, 0.29) is 5.91 Å². The van der Waals surface area contributed by atoms with Crippen LogP contribution >= 0.6 is 0 Å². The summed E-state index contributed by atoms with van der Waals surface area (Å²) in [4.78, 5) is 30.0. The number of amides is 1. The summed E-state index contributed by atoms with van der Waals surface area (Å²) >= 11 is 0. The van der Waals surface area contributed by atoms with E-state index in [2.05, 4.69) is 56.0 Å². The second-order valence-electron chi connectivity index (χ2n) is 7.64. The third-order valence-corrected chi connectivity index (χ3v) is 5.33. The lowest BCUT2D eigenvalue weighted by Gasteiger charge is -2.37. The summed E-state index contributed by atoms with van der Waals surface area (Å²) in [5.41, 5.74) is 3.51. The number of hydrogen-bond acceptors (Lipinski definition) is 6. The average molecular weight is 403 g/mol. The summed E-state index contributed by atoms with van der Waals surface area (Å²) in [7, 11) is 0. The van der Waals surface area contributed by atoms with E-state index < -0.39 is 0 Å². The predicted octanol–water partition coefficient (Wildman–Crippen LogP) is 3.57. The molecule has 0 saturated carbocycles. The van der Waals surface area contributed by atoms with Crippen molar-refractivity contribution >= 4 is 23.1 Å². The highest BCUT2D eigenvalue weighted by Crippen LogP contribution is 2.31. The minimum Gasteiger partial charge on any atom is -0.366 e. The number of piperazine rings is 1. The fourth-order valence-electron chi connectivity index (χ4n) is 3.59. The van der Waals surface area contributed by atoms with Crippen LogP contribution in [-0.2, 0) is 0 Å². The van der Waals surface area contributed by atoms with Gasteiger partial charge in [0.15, 0.2) is 0 Å². The molecule has 7 heteroatoms. The number of anilines is 3. The van der Waals surface area contributed by atoms with E-state index in [9.17, 15) is 4.79 Å². The van der Waals surface area contributed by atoms with Crippen LogP contribution in [0.1, 0.15) is 35.8 Å². The van der Waals surface area contributed by atoms with Crippen molar-refractivity contribution < 1.29 is 4.79 Å². The van der Waals surface area contributed by atoms with E-state index in [1.165, 1.54) is 5.56 Å². The maximum Gasteiger partial charge on any atom is 0.274 e. The molecule has 1 aromatic carbocycles. The highest BCUT2D eigenvalue weighted by Gasteiger charge is 2.22. The van der Waals surface area contributed by atoms with Crippen molar-refractivity contribution in [2.45, 2.75) is 19.8 Å². The number of carbonyl (C=O) groups excluding carboxylic acids is 1. The van der Waals surface area contributed by atoms with Crippen molar-refractivity contribution in [3.8, 4) is 0 Å². The van der Waals surface area contributed by atoms with Crippen molar-refractivity contribution in [2.24, 2.45) is 0 Å². The van der Waals surface area contributed by atoms with E-state index in [0.717, 1.165) is 43.4 Å². The molecule has 0 radical (unpaired) electrons. The lowest BCUT2D eigenvalue weighted by atomic mass is 10.0. The van der Waals surface area contributed by atoms with Gasteiger partial charge in [0.05, 0.1) is 17.6 Å². The lowest BCUT2D eigenvalue weighted by Crippen LogP contribution is -2.47. The van der Waals surface area contributed by atoms with Gasteiger partial charge in [-0.25, -0.2) is 4.98 Å². The number of benzene rings is 1. The zero-order valence-corrected chi connectivity index (χ0v) is 17.3. The SMILES string of the molecule is CC(C)c1ccc(NC(=O)c2ccccn2)c(N2CCN(c3cnccn3)CC2)c1. The molecule has 1 aliphatic heterocycles. The van der Waals surface area contributed by atoms with Gasteiger partial charge < -0.3 is 15.1 Å². The Bertz CT molecular complexity index is 985. The summed E-state index contributed by atoms with van der Waals surface area (Å²) in [6.45, 7) is 7.72. The molecule has 2 aromatic heterocycles. The Morgan fingerprint density at radius 3 is 2.43 bits per heavy atom. The first-order valence-corrected chi connectivity index (χ1v) is 10.2. The van der Waals surface area contributed by atoms with Gasteiger partial charge in [0, 0.05) is 44.8 Å². The van der Waals surface area contributed by atoms with Crippen LogP contribution in [-0.4, -0.2) is 47.0 Å². The molecule has 30 heavy (non-hydrogen) atoms. The Kier molecular flexibility index (Phi) is 5.88. The second kappa shape index (κ2) is 8.90. The molecule has 1 aliphatic rings. The van der Waals surface area contributed by atoms with Gasteiger partial charge in [0.25, 0.3) is 5.91 Å². The Morgan fingerprint density at radius 1 is 0.967 bits per heavy atom. The monoisotopic (exact) mass is 402 g/mol. The van der Waals surface area contributed by atoms with Gasteiger partial charge in [0.2, 0.25) is 0 Å². The van der Waals surface area contributed by atoms with Crippen molar-refractivity contribution in [2.75, 3.05) is 41.3 Å². The smallest absolute Gasteiger partial charge is 0.274 e. The first kappa shape index (κ1) is 19.8. The highest BCUT2D eigenvalue weighted by molar-refractivity contribution is 6.04. The van der Waals surface area contributed by atoms with Crippen molar-refractivity contribution in [1.29, 1.82) is 0 Å². The number of aromatic nitrogens is 3. The summed E-state index contributed by atoms with van der Waals surface area (Å²) in [6, 6.07) is 11.6. The number of carbonyl (C=O) groups is 1. The predicted molar refractivity (Wildman–Crippen MR) is 119 cm³/mol. The maximum atomic E-state index is 12.7. The Balaban J connectivity index is 1.55. The van der Waals surface area contributed by atoms with E-state index in [1.807, 2.05) is 12.1 Å². The van der Waals surface area contributed by atoms with E-state index in [4.69, 9.17) is 0 Å². The van der Waals surface area contributed by atoms with Crippen LogP contribution in [0.2, 0.25) is 0 Å². The van der Waals surface area contributed by atoms with Crippen LogP contribution in [0, 0.1) is 0 Å². The minimum absolute atomic E-state index is 0.202. The van der Waals surface area contributed by atoms with Gasteiger partial charge in [-0.1, -0.05) is 26.0 Å². The number of hydrogen-bond donors (Lipinski definition) is 1. The molecule has 1 N–H and O–H groups in total. The van der Waals surface area contributed by atoms with Gasteiger partial charge >= 0.3 is 0 Å². The van der Waals surface area contributed by atoms with Crippen LogP contribution in [0.3, 0.4) is 0 Å². The van der Waals surface area contributed by atoms with Crippen LogP contribution < -0.4 is 15.1 Å². The standard InChI is InChI=1S/C23H26N6O/c1-17(2)18-6-7-19(27-23(30)20-5-3-4-8-25-20)21(15-18)28-11-13-29(14-12-28)22-16-24-9-10-26-22/h3-10,15-17H,11-14H2,1-2H3,(H,27,30). The minimum atomic E-state index is -0.202. The van der Waals surface area contributed by atoms with Gasteiger partial charge in [-0.15, -0.1) is 0 Å². The summed E-state index contributed by atoms with van der Waals surface area (Å²) in [5.74, 6) is 1.11. The first-order chi connectivity index (χ1) is 14.6. The highest BCUT2D eigenvalue weighted by atomic mass is 16.1. The molecule has 0 bridgehead atoms. The number of rotatable bonds is 5. The van der Waals surface area contributed by atoms with Crippen molar-refractivity contribution in [3.63, 3.8) is 0 Å². The molecule has 3 heterocycles. The third kappa shape index (κ3) is 4.40. The number of pyridine rings is 1. The lowest BCUT2D eigenvalue weighted by molar-refractivity contribution is 0.102. The van der Waals surface area contributed by atoms with Crippen LogP contribution in [0.4, 0.5) is 17.2 Å². The molecule has 1 saturated heterocycles.